The molecule has 1 aromatic carbocycles. The number of rotatable bonds is 2. The molecule has 0 saturated carbocycles. The van der Waals surface area contributed by atoms with Gasteiger partial charge in [0.2, 0.25) is 0 Å². The molecule has 1 N–H and O–H groups in total. The number of nitrogens with one attached hydrogen (secondary N) is 1. The van der Waals surface area contributed by atoms with E-state index in [1.165, 1.54) is 48.2 Å². The van der Waals surface area contributed by atoms with Gasteiger partial charge in [-0.2, -0.15) is 0 Å². The highest BCUT2D eigenvalue weighted by Crippen LogP contribution is 2.28. The van der Waals surface area contributed by atoms with Crippen molar-refractivity contribution < 1.29 is 4.74 Å². The van der Waals surface area contributed by atoms with Crippen LogP contribution in [0.15, 0.2) is 30.3 Å². The van der Waals surface area contributed by atoms with Crippen molar-refractivity contribution in [1.29, 1.82) is 0 Å². The zero-order chi connectivity index (χ0) is 11.7. The van der Waals surface area contributed by atoms with Gasteiger partial charge in [-0.25, -0.2) is 0 Å². The van der Waals surface area contributed by atoms with Crippen LogP contribution in [0, 0.1) is 0 Å². The fourth-order valence-electron chi connectivity index (χ4n) is 2.55. The maximum atomic E-state index is 5.26. The van der Waals surface area contributed by atoms with Gasteiger partial charge in [-0.15, -0.1) is 0 Å². The molecule has 1 aliphatic rings. The molecule has 1 heterocycles. The van der Waals surface area contributed by atoms with Crippen LogP contribution in [0.2, 0.25) is 0 Å². The van der Waals surface area contributed by atoms with Gasteiger partial charge in [0.25, 0.3) is 0 Å². The first-order valence-electron chi connectivity index (χ1n) is 6.22. The minimum absolute atomic E-state index is 0.912. The molecule has 0 radical (unpaired) electrons. The quantitative estimate of drug-likeness (QED) is 0.833. The van der Waals surface area contributed by atoms with E-state index in [1.54, 1.807) is 7.11 Å². The van der Waals surface area contributed by atoms with E-state index in [4.69, 9.17) is 4.74 Å². The maximum Gasteiger partial charge on any atom is 0.119 e. The lowest BCUT2D eigenvalue weighted by Crippen LogP contribution is -1.99. The van der Waals surface area contributed by atoms with Crippen molar-refractivity contribution in [2.75, 3.05) is 7.11 Å². The molecular formula is C15H17NO. The molecule has 0 unspecified atom stereocenters. The Kier molecular flexibility index (Phi) is 2.63. The third-order valence-corrected chi connectivity index (χ3v) is 3.50. The molecule has 1 aromatic heterocycles. The molecule has 0 bridgehead atoms. The van der Waals surface area contributed by atoms with Gasteiger partial charge in [0.15, 0.2) is 0 Å². The summed E-state index contributed by atoms with van der Waals surface area (Å²) in [6, 6.07) is 10.5. The van der Waals surface area contributed by atoms with Crippen LogP contribution in [0.5, 0.6) is 5.75 Å². The van der Waals surface area contributed by atoms with Gasteiger partial charge >= 0.3 is 0 Å². The van der Waals surface area contributed by atoms with Crippen molar-refractivity contribution in [3.05, 3.63) is 41.6 Å². The maximum absolute atomic E-state index is 5.26. The first-order valence-corrected chi connectivity index (χ1v) is 6.22. The van der Waals surface area contributed by atoms with E-state index in [0.29, 0.717) is 0 Å². The minimum Gasteiger partial charge on any atom is -0.497 e. The zero-order valence-corrected chi connectivity index (χ0v) is 10.1. The summed E-state index contributed by atoms with van der Waals surface area (Å²) in [7, 11) is 1.71. The minimum atomic E-state index is 0.912. The molecule has 0 saturated heterocycles. The second-order valence-corrected chi connectivity index (χ2v) is 4.63. The molecule has 0 fully saturated rings. The van der Waals surface area contributed by atoms with Crippen molar-refractivity contribution in [3.8, 4) is 17.0 Å². The summed E-state index contributed by atoms with van der Waals surface area (Å²) in [6.07, 6.45) is 5.04. The fraction of sp³-hybridized carbons (Fsp3) is 0.333. The second-order valence-electron chi connectivity index (χ2n) is 4.63. The summed E-state index contributed by atoms with van der Waals surface area (Å²) in [5.74, 6) is 0.912. The van der Waals surface area contributed by atoms with Gasteiger partial charge < -0.3 is 9.72 Å². The SMILES string of the molecule is COc1cccc(-c2cc3c([nH]2)CCCC3)c1. The first kappa shape index (κ1) is 10.5. The summed E-state index contributed by atoms with van der Waals surface area (Å²) in [5, 5.41) is 0. The Labute approximate surface area is 102 Å². The predicted molar refractivity (Wildman–Crippen MR) is 69.4 cm³/mol. The van der Waals surface area contributed by atoms with Crippen LogP contribution in [0.3, 0.4) is 0 Å². The zero-order valence-electron chi connectivity index (χ0n) is 10.1. The van der Waals surface area contributed by atoms with Gasteiger partial charge in [-0.3, -0.25) is 0 Å². The van der Waals surface area contributed by atoms with Crippen LogP contribution in [-0.2, 0) is 12.8 Å². The Hall–Kier alpha value is -1.70. The molecule has 0 spiro atoms. The van der Waals surface area contributed by atoms with E-state index >= 15 is 0 Å². The Balaban J connectivity index is 2.00. The number of aromatic nitrogens is 1. The van der Waals surface area contributed by atoms with E-state index in [-0.39, 0.29) is 0 Å². The van der Waals surface area contributed by atoms with Crippen molar-refractivity contribution in [3.63, 3.8) is 0 Å². The molecule has 2 aromatic rings. The van der Waals surface area contributed by atoms with Crippen LogP contribution < -0.4 is 4.74 Å². The average molecular weight is 227 g/mol. The lowest BCUT2D eigenvalue weighted by Gasteiger charge is -2.09. The third kappa shape index (κ3) is 1.95. The monoisotopic (exact) mass is 227 g/mol. The lowest BCUT2D eigenvalue weighted by molar-refractivity contribution is 0.415. The number of methoxy groups -OCH3 is 1. The highest BCUT2D eigenvalue weighted by Gasteiger charge is 2.13. The second kappa shape index (κ2) is 4.28. The van der Waals surface area contributed by atoms with Gasteiger partial charge in [-0.05, 0) is 49.4 Å². The number of ether oxygens (including phenoxy) is 1. The number of aromatic amines is 1. The third-order valence-electron chi connectivity index (χ3n) is 3.50. The molecule has 17 heavy (non-hydrogen) atoms. The molecule has 2 nitrogen and oxygen atoms in total. The van der Waals surface area contributed by atoms with E-state index in [1.807, 2.05) is 12.1 Å². The predicted octanol–water partition coefficient (Wildman–Crippen LogP) is 3.57. The Bertz CT molecular complexity index is 504. The average Bonchev–Trinajstić information content (AvgIpc) is 2.82. The van der Waals surface area contributed by atoms with Crippen LogP contribution in [0.1, 0.15) is 24.1 Å². The summed E-state index contributed by atoms with van der Waals surface area (Å²) in [5.41, 5.74) is 5.35. The van der Waals surface area contributed by atoms with Crippen LogP contribution in [0.25, 0.3) is 11.3 Å². The first-order chi connectivity index (χ1) is 8.36. The van der Waals surface area contributed by atoms with Gasteiger partial charge in [0.05, 0.1) is 7.11 Å². The van der Waals surface area contributed by atoms with Gasteiger partial charge in [0.1, 0.15) is 5.75 Å². The van der Waals surface area contributed by atoms with E-state index in [0.717, 1.165) is 5.75 Å². The molecule has 1 aliphatic carbocycles. The number of H-pyrrole nitrogens is 1. The van der Waals surface area contributed by atoms with Crippen molar-refractivity contribution >= 4 is 0 Å². The number of fused-ring (bicyclic) bond motifs is 1. The molecule has 0 aliphatic heterocycles. The normalized spacial score (nSPS) is 14.4. The Morgan fingerprint density at radius 2 is 2.00 bits per heavy atom. The molecular weight excluding hydrogens is 210 g/mol. The summed E-state index contributed by atoms with van der Waals surface area (Å²) < 4.78 is 5.26. The molecule has 88 valence electrons. The van der Waals surface area contributed by atoms with Crippen molar-refractivity contribution in [1.82, 2.24) is 4.98 Å². The van der Waals surface area contributed by atoms with E-state index in [9.17, 15) is 0 Å². The van der Waals surface area contributed by atoms with Crippen LogP contribution in [-0.4, -0.2) is 12.1 Å². The van der Waals surface area contributed by atoms with Crippen LogP contribution in [0.4, 0.5) is 0 Å². The largest absolute Gasteiger partial charge is 0.497 e. The number of benzene rings is 1. The summed E-state index contributed by atoms with van der Waals surface area (Å²) in [6.45, 7) is 0. The summed E-state index contributed by atoms with van der Waals surface area (Å²) >= 11 is 0. The molecule has 3 rings (SSSR count). The Morgan fingerprint density at radius 1 is 1.12 bits per heavy atom. The topological polar surface area (TPSA) is 25.0 Å². The molecule has 2 heteroatoms. The van der Waals surface area contributed by atoms with Crippen molar-refractivity contribution in [2.45, 2.75) is 25.7 Å². The Morgan fingerprint density at radius 3 is 2.82 bits per heavy atom. The summed E-state index contributed by atoms with van der Waals surface area (Å²) in [4.78, 5) is 3.55. The smallest absolute Gasteiger partial charge is 0.119 e. The molecule has 0 atom stereocenters. The molecule has 0 amide bonds. The number of hydrogen-bond acceptors (Lipinski definition) is 1. The van der Waals surface area contributed by atoms with Gasteiger partial charge in [-0.1, -0.05) is 12.1 Å². The van der Waals surface area contributed by atoms with E-state index < -0.39 is 0 Å². The van der Waals surface area contributed by atoms with Crippen LogP contribution >= 0.6 is 0 Å². The van der Waals surface area contributed by atoms with E-state index in [2.05, 4.69) is 23.2 Å². The highest BCUT2D eigenvalue weighted by atomic mass is 16.5. The highest BCUT2D eigenvalue weighted by molar-refractivity contribution is 5.63. The number of hydrogen-bond donors (Lipinski definition) is 1. The lowest BCUT2D eigenvalue weighted by atomic mass is 9.98. The fourth-order valence-corrected chi connectivity index (χ4v) is 2.55. The standard InChI is InChI=1S/C15H17NO/c1-17-13-7-4-6-11(9-13)15-10-12-5-2-3-8-14(12)16-15/h4,6-7,9-10,16H,2-3,5,8H2,1H3. The van der Waals surface area contributed by atoms with Gasteiger partial charge in [0, 0.05) is 17.0 Å². The number of aryl methyl sites for hydroxylation is 2. The van der Waals surface area contributed by atoms with Crippen molar-refractivity contribution in [2.24, 2.45) is 0 Å².